The second kappa shape index (κ2) is 6.57. The average molecular weight is 264 g/mol. The van der Waals surface area contributed by atoms with Gasteiger partial charge >= 0.3 is 0 Å². The normalized spacial score (nSPS) is 11.4. The summed E-state index contributed by atoms with van der Waals surface area (Å²) in [6, 6.07) is 5.48. The third-order valence-corrected chi connectivity index (χ3v) is 3.21. The van der Waals surface area contributed by atoms with Crippen LogP contribution < -0.4 is 11.1 Å². The van der Waals surface area contributed by atoms with Gasteiger partial charge in [0.2, 0.25) is 5.91 Å². The molecule has 0 aliphatic heterocycles. The maximum absolute atomic E-state index is 11.8. The topological polar surface area (TPSA) is 64.3 Å². The van der Waals surface area contributed by atoms with Gasteiger partial charge in [-0.2, -0.15) is 0 Å². The first-order chi connectivity index (χ1) is 8.84. The van der Waals surface area contributed by atoms with E-state index in [0.717, 1.165) is 17.7 Å². The van der Waals surface area contributed by atoms with E-state index >= 15 is 0 Å². The van der Waals surface area contributed by atoms with Crippen molar-refractivity contribution in [1.29, 1.82) is 0 Å². The van der Waals surface area contributed by atoms with Gasteiger partial charge in [-0.05, 0) is 44.9 Å². The fourth-order valence-electron chi connectivity index (χ4n) is 1.51. The lowest BCUT2D eigenvalue weighted by Gasteiger charge is -2.23. The van der Waals surface area contributed by atoms with Gasteiger partial charge in [0, 0.05) is 11.4 Å². The summed E-state index contributed by atoms with van der Waals surface area (Å²) in [4.78, 5) is 11.8. The van der Waals surface area contributed by atoms with E-state index in [0.29, 0.717) is 18.7 Å². The predicted molar refractivity (Wildman–Crippen MR) is 79.2 cm³/mol. The Labute approximate surface area is 115 Å². The van der Waals surface area contributed by atoms with Crippen LogP contribution in [-0.4, -0.2) is 18.1 Å². The second-order valence-electron chi connectivity index (χ2n) is 5.33. The number of ether oxygens (including phenoxy) is 1. The number of rotatable bonds is 6. The SMILES string of the molecule is CCC(C)(C)OCCC(=O)Nc1cc(N)ccc1C. The van der Waals surface area contributed by atoms with Gasteiger partial charge in [-0.3, -0.25) is 4.79 Å². The largest absolute Gasteiger partial charge is 0.399 e. The van der Waals surface area contributed by atoms with Crippen molar-refractivity contribution < 1.29 is 9.53 Å². The van der Waals surface area contributed by atoms with Crippen molar-refractivity contribution in [1.82, 2.24) is 0 Å². The van der Waals surface area contributed by atoms with E-state index in [-0.39, 0.29) is 11.5 Å². The standard InChI is InChI=1S/C15H24N2O2/c1-5-15(3,4)19-9-8-14(18)17-13-10-12(16)7-6-11(13)2/h6-7,10H,5,8-9,16H2,1-4H3,(H,17,18). The van der Waals surface area contributed by atoms with Gasteiger partial charge in [0.1, 0.15) is 0 Å². The first-order valence-corrected chi connectivity index (χ1v) is 6.64. The van der Waals surface area contributed by atoms with E-state index in [4.69, 9.17) is 10.5 Å². The molecule has 0 atom stereocenters. The van der Waals surface area contributed by atoms with Crippen LogP contribution in [0.25, 0.3) is 0 Å². The number of hydrogen-bond acceptors (Lipinski definition) is 3. The Bertz CT molecular complexity index is 442. The maximum atomic E-state index is 11.8. The molecule has 0 aliphatic carbocycles. The van der Waals surface area contributed by atoms with Gasteiger partial charge in [-0.25, -0.2) is 0 Å². The van der Waals surface area contributed by atoms with Crippen LogP contribution in [0.15, 0.2) is 18.2 Å². The number of carbonyl (C=O) groups is 1. The second-order valence-corrected chi connectivity index (χ2v) is 5.33. The first-order valence-electron chi connectivity index (χ1n) is 6.64. The van der Waals surface area contributed by atoms with Crippen molar-refractivity contribution in [3.63, 3.8) is 0 Å². The smallest absolute Gasteiger partial charge is 0.226 e. The molecule has 1 aromatic carbocycles. The molecule has 0 bridgehead atoms. The lowest BCUT2D eigenvalue weighted by atomic mass is 10.1. The number of nitrogens with one attached hydrogen (secondary N) is 1. The Morgan fingerprint density at radius 1 is 1.42 bits per heavy atom. The molecule has 3 N–H and O–H groups in total. The summed E-state index contributed by atoms with van der Waals surface area (Å²) in [5, 5.41) is 2.86. The van der Waals surface area contributed by atoms with Crippen LogP contribution in [0.4, 0.5) is 11.4 Å². The highest BCUT2D eigenvalue weighted by Crippen LogP contribution is 2.18. The van der Waals surface area contributed by atoms with Crippen molar-refractivity contribution in [2.24, 2.45) is 0 Å². The van der Waals surface area contributed by atoms with E-state index < -0.39 is 0 Å². The van der Waals surface area contributed by atoms with E-state index in [2.05, 4.69) is 12.2 Å². The van der Waals surface area contributed by atoms with Crippen molar-refractivity contribution in [3.05, 3.63) is 23.8 Å². The number of benzene rings is 1. The van der Waals surface area contributed by atoms with Crippen LogP contribution in [0.3, 0.4) is 0 Å². The van der Waals surface area contributed by atoms with Crippen molar-refractivity contribution in [3.8, 4) is 0 Å². The number of carbonyl (C=O) groups excluding carboxylic acids is 1. The lowest BCUT2D eigenvalue weighted by molar-refractivity contribution is -0.118. The molecule has 4 heteroatoms. The summed E-state index contributed by atoms with van der Waals surface area (Å²) in [6.07, 6.45) is 1.26. The predicted octanol–water partition coefficient (Wildman–Crippen LogP) is 3.11. The van der Waals surface area contributed by atoms with Crippen molar-refractivity contribution in [2.75, 3.05) is 17.7 Å². The Hall–Kier alpha value is -1.55. The molecule has 0 saturated heterocycles. The summed E-state index contributed by atoms with van der Waals surface area (Å²) in [7, 11) is 0. The van der Waals surface area contributed by atoms with Crippen LogP contribution in [-0.2, 0) is 9.53 Å². The molecule has 1 amide bonds. The van der Waals surface area contributed by atoms with E-state index in [1.165, 1.54) is 0 Å². The lowest BCUT2D eigenvalue weighted by Crippen LogP contribution is -2.25. The highest BCUT2D eigenvalue weighted by atomic mass is 16.5. The van der Waals surface area contributed by atoms with E-state index in [1.54, 1.807) is 6.07 Å². The quantitative estimate of drug-likeness (QED) is 0.776. The van der Waals surface area contributed by atoms with Gasteiger partial charge in [0.25, 0.3) is 0 Å². The van der Waals surface area contributed by atoms with Crippen LogP contribution in [0, 0.1) is 6.92 Å². The molecule has 0 saturated carbocycles. The Morgan fingerprint density at radius 3 is 2.74 bits per heavy atom. The Morgan fingerprint density at radius 2 is 2.11 bits per heavy atom. The fraction of sp³-hybridized carbons (Fsp3) is 0.533. The minimum absolute atomic E-state index is 0.0550. The summed E-state index contributed by atoms with van der Waals surface area (Å²) >= 11 is 0. The molecule has 1 aromatic rings. The third-order valence-electron chi connectivity index (χ3n) is 3.21. The van der Waals surface area contributed by atoms with E-state index in [1.807, 2.05) is 32.9 Å². The molecule has 4 nitrogen and oxygen atoms in total. The Kier molecular flexibility index (Phi) is 5.36. The van der Waals surface area contributed by atoms with Gasteiger partial charge < -0.3 is 15.8 Å². The monoisotopic (exact) mass is 264 g/mol. The molecule has 0 spiro atoms. The number of nitrogens with two attached hydrogens (primary N) is 1. The zero-order valence-electron chi connectivity index (χ0n) is 12.2. The average Bonchev–Trinajstić information content (AvgIpc) is 2.33. The number of amides is 1. The zero-order valence-corrected chi connectivity index (χ0v) is 12.2. The molecule has 0 unspecified atom stereocenters. The molecule has 0 fully saturated rings. The summed E-state index contributed by atoms with van der Waals surface area (Å²) in [5.41, 5.74) is 7.93. The molecular weight excluding hydrogens is 240 g/mol. The Balaban J connectivity index is 2.45. The molecule has 106 valence electrons. The maximum Gasteiger partial charge on any atom is 0.226 e. The molecule has 0 aliphatic rings. The molecule has 0 aromatic heterocycles. The third kappa shape index (κ3) is 5.30. The first kappa shape index (κ1) is 15.5. The molecule has 0 radical (unpaired) electrons. The molecule has 0 heterocycles. The van der Waals surface area contributed by atoms with Gasteiger partial charge in [0.15, 0.2) is 0 Å². The molecular formula is C15H24N2O2. The van der Waals surface area contributed by atoms with Gasteiger partial charge in [-0.15, -0.1) is 0 Å². The number of hydrogen-bond donors (Lipinski definition) is 2. The van der Waals surface area contributed by atoms with Gasteiger partial charge in [-0.1, -0.05) is 13.0 Å². The number of anilines is 2. The van der Waals surface area contributed by atoms with Gasteiger partial charge in [0.05, 0.1) is 18.6 Å². The molecule has 19 heavy (non-hydrogen) atoms. The zero-order chi connectivity index (χ0) is 14.5. The van der Waals surface area contributed by atoms with Crippen LogP contribution in [0.1, 0.15) is 39.2 Å². The summed E-state index contributed by atoms with van der Waals surface area (Å²) in [6.45, 7) is 8.47. The summed E-state index contributed by atoms with van der Waals surface area (Å²) < 4.78 is 5.66. The minimum Gasteiger partial charge on any atom is -0.399 e. The number of aryl methyl sites for hydroxylation is 1. The molecule has 1 rings (SSSR count). The van der Waals surface area contributed by atoms with Crippen molar-refractivity contribution in [2.45, 2.75) is 46.1 Å². The van der Waals surface area contributed by atoms with Crippen molar-refractivity contribution >= 4 is 17.3 Å². The highest BCUT2D eigenvalue weighted by molar-refractivity contribution is 5.92. The number of nitrogen functional groups attached to an aromatic ring is 1. The van der Waals surface area contributed by atoms with Crippen LogP contribution in [0.2, 0.25) is 0 Å². The van der Waals surface area contributed by atoms with E-state index in [9.17, 15) is 4.79 Å². The highest BCUT2D eigenvalue weighted by Gasteiger charge is 2.15. The van der Waals surface area contributed by atoms with Crippen LogP contribution in [0.5, 0.6) is 0 Å². The summed E-state index contributed by atoms with van der Waals surface area (Å²) in [5.74, 6) is -0.0550. The minimum atomic E-state index is -0.173. The van der Waals surface area contributed by atoms with Crippen LogP contribution >= 0.6 is 0 Å². The fourth-order valence-corrected chi connectivity index (χ4v) is 1.51.